The maximum Gasteiger partial charge on any atom is 0.404 e. The molecule has 1 amide bonds. The predicted molar refractivity (Wildman–Crippen MR) is 76.5 cm³/mol. The Labute approximate surface area is 133 Å². The number of halogens is 3. The van der Waals surface area contributed by atoms with Gasteiger partial charge in [-0.05, 0) is 32.4 Å². The van der Waals surface area contributed by atoms with Gasteiger partial charge in [0.25, 0.3) is 6.08 Å². The van der Waals surface area contributed by atoms with Crippen molar-refractivity contribution in [3.8, 4) is 5.00 Å². The molecule has 2 rings (SSSR count). The Kier molecular flexibility index (Phi) is 5.03. The fourth-order valence-electron chi connectivity index (χ4n) is 1.47. The van der Waals surface area contributed by atoms with Gasteiger partial charge in [0.05, 0.1) is 6.54 Å². The molecule has 2 aromatic rings. The lowest BCUT2D eigenvalue weighted by atomic mass is 10.3. The number of nitrogens with one attached hydrogen (secondary N) is 1. The highest BCUT2D eigenvalue weighted by atomic mass is 79.9. The number of carbonyl (C=O) groups is 1. The molecule has 2 N–H and O–H groups in total. The summed E-state index contributed by atoms with van der Waals surface area (Å²) < 4.78 is 28.0. The van der Waals surface area contributed by atoms with Gasteiger partial charge in [0, 0.05) is 22.0 Å². The molecule has 0 atom stereocenters. The smallest absolute Gasteiger partial charge is 0.404 e. The van der Waals surface area contributed by atoms with Crippen LogP contribution in [0.4, 0.5) is 13.6 Å². The van der Waals surface area contributed by atoms with E-state index in [2.05, 4.69) is 26.4 Å². The summed E-state index contributed by atoms with van der Waals surface area (Å²) in [5, 5.41) is 19.6. The quantitative estimate of drug-likeness (QED) is 0.801. The standard InChI is InChI=1S/C10H8BrF2N5O3S/c11-6-1-7(22-4-6)18-10(21)17(15-16-18)3-5(8(12)13)2-14-9(19)20/h1,4,14H,2-3H2,(H,19,20). The van der Waals surface area contributed by atoms with Crippen molar-refractivity contribution in [2.75, 3.05) is 6.54 Å². The molecule has 0 aromatic carbocycles. The van der Waals surface area contributed by atoms with Crippen LogP contribution in [0.15, 0.2) is 32.4 Å². The number of hydrogen-bond donors (Lipinski definition) is 2. The summed E-state index contributed by atoms with van der Waals surface area (Å²) in [4.78, 5) is 22.4. The first-order valence-electron chi connectivity index (χ1n) is 5.65. The molecule has 0 saturated carbocycles. The molecule has 0 aliphatic rings. The van der Waals surface area contributed by atoms with Crippen molar-refractivity contribution in [3.05, 3.63) is 38.1 Å². The number of carboxylic acid groups (broad SMARTS) is 1. The van der Waals surface area contributed by atoms with Crippen molar-refractivity contribution in [1.82, 2.24) is 25.1 Å². The van der Waals surface area contributed by atoms with Crippen LogP contribution < -0.4 is 11.0 Å². The van der Waals surface area contributed by atoms with Gasteiger partial charge in [0.1, 0.15) is 5.00 Å². The van der Waals surface area contributed by atoms with Crippen LogP contribution in [0.25, 0.3) is 5.00 Å². The number of rotatable bonds is 5. The number of tetrazole rings is 1. The molecule has 0 bridgehead atoms. The fraction of sp³-hybridized carbons (Fsp3) is 0.200. The van der Waals surface area contributed by atoms with E-state index in [1.807, 2.05) is 5.32 Å². The molecular weight excluding hydrogens is 388 g/mol. The van der Waals surface area contributed by atoms with Gasteiger partial charge in [-0.3, -0.25) is 0 Å². The highest BCUT2D eigenvalue weighted by Crippen LogP contribution is 2.21. The Balaban J connectivity index is 2.23. The minimum atomic E-state index is -2.07. The zero-order valence-electron chi connectivity index (χ0n) is 10.7. The molecule has 0 fully saturated rings. The zero-order chi connectivity index (χ0) is 16.3. The van der Waals surface area contributed by atoms with Crippen LogP contribution in [-0.4, -0.2) is 37.5 Å². The molecule has 22 heavy (non-hydrogen) atoms. The van der Waals surface area contributed by atoms with Crippen molar-refractivity contribution in [2.45, 2.75) is 6.54 Å². The van der Waals surface area contributed by atoms with Crippen molar-refractivity contribution in [3.63, 3.8) is 0 Å². The summed E-state index contributed by atoms with van der Waals surface area (Å²) >= 11 is 4.44. The molecular formula is C10H8BrF2N5O3S. The maximum atomic E-state index is 12.8. The number of thiophene rings is 1. The first-order chi connectivity index (χ1) is 10.4. The highest BCUT2D eigenvalue weighted by molar-refractivity contribution is 9.10. The van der Waals surface area contributed by atoms with Crippen LogP contribution in [0.3, 0.4) is 0 Å². The van der Waals surface area contributed by atoms with Gasteiger partial charge in [-0.25, -0.2) is 9.59 Å². The largest absolute Gasteiger partial charge is 0.465 e. The second-order valence-corrected chi connectivity index (χ2v) is 5.76. The lowest BCUT2D eigenvalue weighted by Crippen LogP contribution is -2.29. The van der Waals surface area contributed by atoms with E-state index in [1.54, 1.807) is 11.4 Å². The SMILES string of the molecule is O=C(O)NCC(Cn1nnn(-c2cc(Br)cs2)c1=O)=C(F)F. The molecule has 0 radical (unpaired) electrons. The van der Waals surface area contributed by atoms with Gasteiger partial charge < -0.3 is 10.4 Å². The third kappa shape index (κ3) is 3.76. The van der Waals surface area contributed by atoms with Crippen LogP contribution in [0.2, 0.25) is 0 Å². The van der Waals surface area contributed by atoms with Crippen molar-refractivity contribution >= 4 is 33.4 Å². The van der Waals surface area contributed by atoms with E-state index in [9.17, 15) is 18.4 Å². The Morgan fingerprint density at radius 1 is 1.45 bits per heavy atom. The molecule has 2 heterocycles. The van der Waals surface area contributed by atoms with E-state index in [-0.39, 0.29) is 0 Å². The van der Waals surface area contributed by atoms with Crippen molar-refractivity contribution in [1.29, 1.82) is 0 Å². The number of aromatic nitrogens is 4. The average molecular weight is 396 g/mol. The summed E-state index contributed by atoms with van der Waals surface area (Å²) in [5.74, 6) is 0. The maximum absolute atomic E-state index is 12.8. The van der Waals surface area contributed by atoms with Crippen LogP contribution in [0.1, 0.15) is 0 Å². The van der Waals surface area contributed by atoms with E-state index in [4.69, 9.17) is 5.11 Å². The molecule has 8 nitrogen and oxygen atoms in total. The lowest BCUT2D eigenvalue weighted by molar-refractivity contribution is 0.195. The minimum Gasteiger partial charge on any atom is -0.465 e. The Morgan fingerprint density at radius 2 is 2.18 bits per heavy atom. The summed E-state index contributed by atoms with van der Waals surface area (Å²) in [6, 6.07) is 1.63. The van der Waals surface area contributed by atoms with Gasteiger partial charge in [-0.1, -0.05) is 0 Å². The van der Waals surface area contributed by atoms with E-state index in [1.165, 1.54) is 11.3 Å². The van der Waals surface area contributed by atoms with Gasteiger partial charge in [-0.2, -0.15) is 18.1 Å². The zero-order valence-corrected chi connectivity index (χ0v) is 13.1. The summed E-state index contributed by atoms with van der Waals surface area (Å²) in [6.07, 6.45) is -3.52. The van der Waals surface area contributed by atoms with Crippen molar-refractivity contribution < 1.29 is 18.7 Å². The lowest BCUT2D eigenvalue weighted by Gasteiger charge is -2.04. The van der Waals surface area contributed by atoms with Gasteiger partial charge in [0.15, 0.2) is 0 Å². The van der Waals surface area contributed by atoms with Gasteiger partial charge in [0.2, 0.25) is 0 Å². The van der Waals surface area contributed by atoms with Gasteiger partial charge in [-0.15, -0.1) is 11.3 Å². The van der Waals surface area contributed by atoms with Gasteiger partial charge >= 0.3 is 11.8 Å². The van der Waals surface area contributed by atoms with E-state index in [0.717, 1.165) is 13.8 Å². The molecule has 2 aromatic heterocycles. The van der Waals surface area contributed by atoms with Crippen LogP contribution >= 0.6 is 27.3 Å². The predicted octanol–water partition coefficient (Wildman–Crippen LogP) is 1.67. The first-order valence-corrected chi connectivity index (χ1v) is 7.33. The average Bonchev–Trinajstić information content (AvgIpc) is 3.01. The molecule has 0 spiro atoms. The van der Waals surface area contributed by atoms with E-state index >= 15 is 0 Å². The molecule has 118 valence electrons. The third-order valence-electron chi connectivity index (χ3n) is 2.46. The molecule has 0 aliphatic carbocycles. The second kappa shape index (κ2) is 6.79. The summed E-state index contributed by atoms with van der Waals surface area (Å²) in [6.45, 7) is -1.17. The second-order valence-electron chi connectivity index (χ2n) is 3.96. The van der Waals surface area contributed by atoms with Crippen LogP contribution in [-0.2, 0) is 6.54 Å². The number of nitrogens with zero attached hydrogens (tertiary/aromatic N) is 4. The van der Waals surface area contributed by atoms with Crippen molar-refractivity contribution in [2.24, 2.45) is 0 Å². The Hall–Kier alpha value is -2.08. The minimum absolute atomic E-state index is 0.470. The van der Waals surface area contributed by atoms with Crippen LogP contribution in [0, 0.1) is 0 Å². The molecule has 0 saturated heterocycles. The van der Waals surface area contributed by atoms with E-state index < -0.39 is 36.5 Å². The molecule has 0 aliphatic heterocycles. The molecule has 12 heteroatoms. The monoisotopic (exact) mass is 395 g/mol. The molecule has 0 unspecified atom stereocenters. The number of hydrogen-bond acceptors (Lipinski definition) is 5. The Morgan fingerprint density at radius 3 is 2.73 bits per heavy atom. The normalized spacial score (nSPS) is 10.5. The van der Waals surface area contributed by atoms with Crippen LogP contribution in [0.5, 0.6) is 0 Å². The highest BCUT2D eigenvalue weighted by Gasteiger charge is 2.15. The fourth-order valence-corrected chi connectivity index (χ4v) is 2.83. The number of amides is 1. The topological polar surface area (TPSA) is 102 Å². The summed E-state index contributed by atoms with van der Waals surface area (Å²) in [5.41, 5.74) is -1.27. The van der Waals surface area contributed by atoms with E-state index in [0.29, 0.717) is 5.00 Å². The summed E-state index contributed by atoms with van der Waals surface area (Å²) in [7, 11) is 0. The third-order valence-corrected chi connectivity index (χ3v) is 4.13. The first kappa shape index (κ1) is 16.3. The Bertz CT molecular complexity index is 780.